The molecule has 0 spiro atoms. The van der Waals surface area contributed by atoms with Crippen molar-refractivity contribution in [3.05, 3.63) is 70.8 Å². The van der Waals surface area contributed by atoms with Crippen LogP contribution < -0.4 is 0 Å². The summed E-state index contributed by atoms with van der Waals surface area (Å²) in [7, 11) is 0. The van der Waals surface area contributed by atoms with E-state index in [1.807, 2.05) is 0 Å². The van der Waals surface area contributed by atoms with Gasteiger partial charge >= 0.3 is 0 Å². The third-order valence-corrected chi connectivity index (χ3v) is 6.17. The van der Waals surface area contributed by atoms with Crippen molar-refractivity contribution in [3.8, 4) is 0 Å². The van der Waals surface area contributed by atoms with Crippen LogP contribution in [-0.2, 0) is 8.67 Å². The smallest absolute Gasteiger partial charge is 0.252 e. The van der Waals surface area contributed by atoms with Crippen LogP contribution in [0.3, 0.4) is 0 Å². The number of hydrogen-bond acceptors (Lipinski definition) is 2. The molecule has 24 heavy (non-hydrogen) atoms. The van der Waals surface area contributed by atoms with Gasteiger partial charge in [0.2, 0.25) is 0 Å². The lowest BCUT2D eigenvalue weighted by molar-refractivity contribution is 0.107. The van der Waals surface area contributed by atoms with E-state index < -0.39 is 19.2 Å². The topological polar surface area (TPSA) is 34.1 Å². The zero-order valence-corrected chi connectivity index (χ0v) is 16.2. The highest BCUT2D eigenvalue weighted by Gasteiger charge is 2.49. The van der Waals surface area contributed by atoms with E-state index in [4.69, 9.17) is 69.6 Å². The summed E-state index contributed by atoms with van der Waals surface area (Å²) < 4.78 is -3.48. The fourth-order valence-electron chi connectivity index (χ4n) is 1.98. The standard InChI is InChI=1S/C16H8Cl6O2/c17-13(23)9-1-5-11(6-2-9)15(19,20)16(21,22)12-7-3-10(4-8-12)14(18)24/h1-8H. The van der Waals surface area contributed by atoms with E-state index in [0.29, 0.717) is 11.1 Å². The lowest BCUT2D eigenvalue weighted by Gasteiger charge is -2.33. The minimum Gasteiger partial charge on any atom is -0.276 e. The molecule has 2 nitrogen and oxygen atoms in total. The van der Waals surface area contributed by atoms with Gasteiger partial charge in [-0.3, -0.25) is 9.59 Å². The molecule has 0 aliphatic heterocycles. The van der Waals surface area contributed by atoms with Crippen molar-refractivity contribution >= 4 is 80.1 Å². The van der Waals surface area contributed by atoms with Gasteiger partial charge in [-0.25, -0.2) is 0 Å². The molecule has 0 amide bonds. The molecule has 0 atom stereocenters. The second-order valence-electron chi connectivity index (χ2n) is 4.85. The quantitative estimate of drug-likeness (QED) is 0.394. The molecule has 0 radical (unpaired) electrons. The van der Waals surface area contributed by atoms with Crippen molar-refractivity contribution in [2.24, 2.45) is 0 Å². The van der Waals surface area contributed by atoms with Gasteiger partial charge in [0.05, 0.1) is 0 Å². The summed E-state index contributed by atoms with van der Waals surface area (Å²) in [6, 6.07) is 11.9. The SMILES string of the molecule is O=C(Cl)c1ccc(C(Cl)(Cl)C(Cl)(Cl)c2ccc(C(=O)Cl)cc2)cc1. The number of benzene rings is 2. The van der Waals surface area contributed by atoms with Crippen LogP contribution in [0, 0.1) is 0 Å². The maximum absolute atomic E-state index is 11.1. The highest BCUT2D eigenvalue weighted by Crippen LogP contribution is 2.56. The number of halogens is 6. The van der Waals surface area contributed by atoms with E-state index in [1.54, 1.807) is 0 Å². The molecule has 0 aliphatic rings. The summed E-state index contributed by atoms with van der Waals surface area (Å²) in [6.45, 7) is 0. The summed E-state index contributed by atoms with van der Waals surface area (Å²) in [6.07, 6.45) is 0. The number of alkyl halides is 4. The lowest BCUT2D eigenvalue weighted by atomic mass is 10.00. The van der Waals surface area contributed by atoms with Gasteiger partial charge in [0.1, 0.15) is 0 Å². The molecule has 2 aromatic carbocycles. The molecule has 0 heterocycles. The van der Waals surface area contributed by atoms with Crippen molar-refractivity contribution in [1.29, 1.82) is 0 Å². The van der Waals surface area contributed by atoms with E-state index in [9.17, 15) is 9.59 Å². The Bertz CT molecular complexity index is 699. The Kier molecular flexibility index (Phi) is 6.12. The molecule has 0 saturated heterocycles. The number of carbonyl (C=O) groups is 2. The Morgan fingerprint density at radius 2 is 0.833 bits per heavy atom. The highest BCUT2D eigenvalue weighted by molar-refractivity contribution is 6.68. The van der Waals surface area contributed by atoms with E-state index in [0.717, 1.165) is 0 Å². The Labute approximate surface area is 168 Å². The van der Waals surface area contributed by atoms with Crippen LogP contribution in [0.25, 0.3) is 0 Å². The first-order valence-corrected chi connectivity index (χ1v) is 8.70. The average Bonchev–Trinajstić information content (AvgIpc) is 2.54. The summed E-state index contributed by atoms with van der Waals surface area (Å²) in [4.78, 5) is 22.2. The van der Waals surface area contributed by atoms with Crippen molar-refractivity contribution in [2.45, 2.75) is 8.67 Å². The second-order valence-corrected chi connectivity index (χ2v) is 8.19. The Morgan fingerprint density at radius 1 is 0.583 bits per heavy atom. The first-order valence-electron chi connectivity index (χ1n) is 6.43. The Morgan fingerprint density at radius 3 is 1.04 bits per heavy atom. The number of hydrogen-bond donors (Lipinski definition) is 0. The van der Waals surface area contributed by atoms with Gasteiger partial charge in [-0.15, -0.1) is 0 Å². The van der Waals surface area contributed by atoms with E-state index in [-0.39, 0.29) is 11.1 Å². The predicted octanol–water partition coefficient (Wildman–Crippen LogP) is 6.41. The molecule has 0 aliphatic carbocycles. The van der Waals surface area contributed by atoms with Gasteiger partial charge in [-0.2, -0.15) is 0 Å². The molecular formula is C16H8Cl6O2. The fourth-order valence-corrected chi connectivity index (χ4v) is 3.18. The highest BCUT2D eigenvalue weighted by atomic mass is 35.5. The molecule has 8 heteroatoms. The molecule has 0 fully saturated rings. The van der Waals surface area contributed by atoms with E-state index in [1.165, 1.54) is 48.5 Å². The zero-order valence-electron chi connectivity index (χ0n) is 11.7. The van der Waals surface area contributed by atoms with Crippen molar-refractivity contribution in [1.82, 2.24) is 0 Å². The van der Waals surface area contributed by atoms with Gasteiger partial charge in [0, 0.05) is 11.1 Å². The van der Waals surface area contributed by atoms with Gasteiger partial charge in [0.25, 0.3) is 10.5 Å². The summed E-state index contributed by atoms with van der Waals surface area (Å²) in [5.74, 6) is 0. The molecule has 0 unspecified atom stereocenters. The monoisotopic (exact) mass is 442 g/mol. The van der Waals surface area contributed by atoms with Gasteiger partial charge in [0.15, 0.2) is 8.67 Å². The van der Waals surface area contributed by atoms with E-state index >= 15 is 0 Å². The molecule has 0 saturated carbocycles. The maximum Gasteiger partial charge on any atom is 0.252 e. The van der Waals surface area contributed by atoms with Crippen LogP contribution in [0.1, 0.15) is 31.8 Å². The van der Waals surface area contributed by atoms with E-state index in [2.05, 4.69) is 0 Å². The Hall–Kier alpha value is -0.480. The largest absolute Gasteiger partial charge is 0.276 e. The first-order chi connectivity index (χ1) is 11.1. The minimum absolute atomic E-state index is 0.282. The molecule has 0 N–H and O–H groups in total. The maximum atomic E-state index is 11.1. The predicted molar refractivity (Wildman–Crippen MR) is 100 cm³/mol. The van der Waals surface area contributed by atoms with Crippen LogP contribution in [0.5, 0.6) is 0 Å². The molecular weight excluding hydrogens is 437 g/mol. The van der Waals surface area contributed by atoms with Crippen molar-refractivity contribution in [3.63, 3.8) is 0 Å². The number of carbonyl (C=O) groups excluding carboxylic acids is 2. The van der Waals surface area contributed by atoms with Crippen molar-refractivity contribution in [2.75, 3.05) is 0 Å². The van der Waals surface area contributed by atoms with Crippen molar-refractivity contribution < 1.29 is 9.59 Å². The zero-order chi connectivity index (χ0) is 18.1. The number of rotatable bonds is 5. The van der Waals surface area contributed by atoms with Crippen LogP contribution in [0.2, 0.25) is 0 Å². The van der Waals surface area contributed by atoms with Gasteiger partial charge in [-0.1, -0.05) is 70.7 Å². The summed E-state index contributed by atoms with van der Waals surface area (Å²) >= 11 is 36.5. The summed E-state index contributed by atoms with van der Waals surface area (Å²) in [5, 5.41) is -1.22. The summed E-state index contributed by atoms with van der Waals surface area (Å²) in [5.41, 5.74) is 1.30. The molecule has 2 rings (SSSR count). The van der Waals surface area contributed by atoms with Gasteiger partial charge < -0.3 is 0 Å². The third kappa shape index (κ3) is 3.85. The molecule has 2 aromatic rings. The van der Waals surface area contributed by atoms with Crippen LogP contribution >= 0.6 is 69.6 Å². The molecule has 0 bridgehead atoms. The molecule has 126 valence electrons. The second kappa shape index (κ2) is 7.41. The van der Waals surface area contributed by atoms with Crippen LogP contribution in [-0.4, -0.2) is 10.5 Å². The van der Waals surface area contributed by atoms with Crippen LogP contribution in [0.4, 0.5) is 0 Å². The lowest BCUT2D eigenvalue weighted by Crippen LogP contribution is -2.31. The molecule has 0 aromatic heterocycles. The normalized spacial score (nSPS) is 12.1. The fraction of sp³-hybridized carbons (Fsp3) is 0.125. The first kappa shape index (κ1) is 19.8. The van der Waals surface area contributed by atoms with Crippen LogP contribution in [0.15, 0.2) is 48.5 Å². The average molecular weight is 445 g/mol. The Balaban J connectivity index is 2.41. The minimum atomic E-state index is -1.74. The third-order valence-electron chi connectivity index (χ3n) is 3.34. The van der Waals surface area contributed by atoms with Gasteiger partial charge in [-0.05, 0) is 58.6 Å².